The van der Waals surface area contributed by atoms with E-state index in [1.54, 1.807) is 7.11 Å². The normalized spacial score (nSPS) is 13.1. The number of unbranched alkanes of at least 4 members (excludes halogenated alkanes) is 3. The fourth-order valence-electron chi connectivity index (χ4n) is 3.33. The summed E-state index contributed by atoms with van der Waals surface area (Å²) in [5.74, 6) is 0.220. The van der Waals surface area contributed by atoms with Crippen molar-refractivity contribution in [3.05, 3.63) is 10.2 Å². The van der Waals surface area contributed by atoms with E-state index in [1.165, 1.54) is 55.4 Å². The number of ketones is 1. The Kier molecular flexibility index (Phi) is 12.7. The second kappa shape index (κ2) is 12.6. The van der Waals surface area contributed by atoms with Crippen LogP contribution >= 0.6 is 0 Å². The minimum atomic E-state index is -2.56. The molecule has 2 nitrogen and oxygen atoms in total. The Labute approximate surface area is 143 Å². The number of hydrogen-bond donors (Lipinski definition) is 0. The molecule has 0 aliphatic carbocycles. The molecule has 0 N–H and O–H groups in total. The quantitative estimate of drug-likeness (QED) is 0.328. The monoisotopic (exact) mass is 418 g/mol. The summed E-state index contributed by atoms with van der Waals surface area (Å²) in [5.41, 5.74) is 0. The predicted octanol–water partition coefficient (Wildman–Crippen LogP) is 5.93. The van der Waals surface area contributed by atoms with Gasteiger partial charge in [-0.05, 0) is 0 Å². The average Bonchev–Trinajstić information content (AvgIpc) is 2.54. The third-order valence-corrected chi connectivity index (χ3v) is 20.8. The van der Waals surface area contributed by atoms with Crippen LogP contribution in [0.3, 0.4) is 0 Å². The van der Waals surface area contributed by atoms with E-state index in [-0.39, 0.29) is 11.9 Å². The maximum absolute atomic E-state index is 12.3. The molecular weight excluding hydrogens is 379 g/mol. The van der Waals surface area contributed by atoms with Crippen molar-refractivity contribution in [2.75, 3.05) is 7.11 Å². The summed E-state index contributed by atoms with van der Waals surface area (Å²) >= 11 is -2.56. The second-order valence-corrected chi connectivity index (χ2v) is 20.0. The van der Waals surface area contributed by atoms with Crippen LogP contribution in [0.4, 0.5) is 0 Å². The van der Waals surface area contributed by atoms with Gasteiger partial charge in [-0.2, -0.15) is 0 Å². The molecule has 0 aromatic heterocycles. The maximum atomic E-state index is 12.3. The summed E-state index contributed by atoms with van der Waals surface area (Å²) in [5, 5.41) is 0. The van der Waals surface area contributed by atoms with Gasteiger partial charge in [0.05, 0.1) is 0 Å². The summed E-state index contributed by atoms with van der Waals surface area (Å²) < 4.78 is 10.9. The molecule has 0 rings (SSSR count). The molecule has 0 heterocycles. The number of rotatable bonds is 14. The van der Waals surface area contributed by atoms with Crippen molar-refractivity contribution in [2.24, 2.45) is 0 Å². The molecule has 0 aliphatic heterocycles. The van der Waals surface area contributed by atoms with E-state index in [9.17, 15) is 4.79 Å². The van der Waals surface area contributed by atoms with Crippen molar-refractivity contribution in [3.8, 4) is 0 Å². The molecule has 0 bridgehead atoms. The number of ether oxygens (including phenoxy) is 1. The van der Waals surface area contributed by atoms with Crippen LogP contribution in [0.15, 0.2) is 10.2 Å². The summed E-state index contributed by atoms with van der Waals surface area (Å²) in [7, 11) is 1.68. The molecule has 1 atom stereocenters. The predicted molar refractivity (Wildman–Crippen MR) is 100 cm³/mol. The van der Waals surface area contributed by atoms with Crippen LogP contribution in [-0.2, 0) is 9.53 Å². The number of hydrogen-bond acceptors (Lipinski definition) is 2. The molecule has 0 fully saturated rings. The zero-order chi connectivity index (χ0) is 17.0. The van der Waals surface area contributed by atoms with Crippen molar-refractivity contribution in [1.29, 1.82) is 0 Å². The molecule has 0 aromatic carbocycles. The van der Waals surface area contributed by atoms with Crippen LogP contribution in [0.1, 0.15) is 72.6 Å². The van der Waals surface area contributed by atoms with Gasteiger partial charge >= 0.3 is 143 Å². The fraction of sp³-hybridized carbons (Fsp3) is 0.842. The first kappa shape index (κ1) is 22.2. The molecule has 0 spiro atoms. The van der Waals surface area contributed by atoms with E-state index in [0.29, 0.717) is 6.42 Å². The van der Waals surface area contributed by atoms with E-state index < -0.39 is 18.4 Å². The van der Waals surface area contributed by atoms with Gasteiger partial charge < -0.3 is 0 Å². The van der Waals surface area contributed by atoms with Crippen LogP contribution < -0.4 is 0 Å². The molecule has 0 aromatic rings. The van der Waals surface area contributed by atoms with E-state index >= 15 is 0 Å². The molecule has 0 aliphatic rings. The van der Waals surface area contributed by atoms with Gasteiger partial charge in [0.15, 0.2) is 0 Å². The third-order valence-electron chi connectivity index (χ3n) is 4.90. The molecule has 0 radical (unpaired) electrons. The number of carbonyl (C=O) groups excluding carboxylic acids is 1. The van der Waals surface area contributed by atoms with Crippen LogP contribution in [-0.4, -0.2) is 37.4 Å². The van der Waals surface area contributed by atoms with Gasteiger partial charge in [0.2, 0.25) is 0 Å². The summed E-state index contributed by atoms with van der Waals surface area (Å²) in [6.07, 6.45) is 7.81. The fourth-order valence-corrected chi connectivity index (χ4v) is 19.4. The molecule has 130 valence electrons. The first-order valence-electron chi connectivity index (χ1n) is 9.27. The zero-order valence-corrected chi connectivity index (χ0v) is 18.5. The van der Waals surface area contributed by atoms with Gasteiger partial charge in [0.25, 0.3) is 0 Å². The Balaban J connectivity index is 5.42. The van der Waals surface area contributed by atoms with Crippen LogP contribution in [0.2, 0.25) is 13.3 Å². The first-order chi connectivity index (χ1) is 10.5. The van der Waals surface area contributed by atoms with E-state index in [4.69, 9.17) is 4.74 Å². The van der Waals surface area contributed by atoms with Gasteiger partial charge in [0, 0.05) is 0 Å². The summed E-state index contributed by atoms with van der Waals surface area (Å²) in [6.45, 7) is 13.2. The molecule has 1 unspecified atom stereocenters. The van der Waals surface area contributed by atoms with E-state index in [2.05, 4.69) is 27.4 Å². The Bertz CT molecular complexity index is 304. The van der Waals surface area contributed by atoms with E-state index in [1.807, 2.05) is 6.92 Å². The van der Waals surface area contributed by atoms with Crippen molar-refractivity contribution >= 4 is 24.2 Å². The van der Waals surface area contributed by atoms with Crippen molar-refractivity contribution in [1.82, 2.24) is 0 Å². The first-order valence-corrected chi connectivity index (χ1v) is 16.8. The Morgan fingerprint density at radius 1 is 0.955 bits per heavy atom. The molecule has 3 heteroatoms. The topological polar surface area (TPSA) is 26.3 Å². The standard InChI is InChI=1S/C7H11O2.3C4H9.Sn/c1-4-6(8)7(5-2)9-3;3*1-3-4-2;/h7H,2,4H2,1,3H3;3*1,3-4H2,2H3;. The van der Waals surface area contributed by atoms with Crippen LogP contribution in [0.5, 0.6) is 0 Å². The Morgan fingerprint density at radius 2 is 1.36 bits per heavy atom. The average molecular weight is 417 g/mol. The van der Waals surface area contributed by atoms with Crippen molar-refractivity contribution < 1.29 is 9.53 Å². The molecular formula is C19H38O2Sn. The van der Waals surface area contributed by atoms with Gasteiger partial charge in [-0.15, -0.1) is 0 Å². The van der Waals surface area contributed by atoms with Crippen molar-refractivity contribution in [3.63, 3.8) is 0 Å². The van der Waals surface area contributed by atoms with Crippen LogP contribution in [0.25, 0.3) is 0 Å². The minimum absolute atomic E-state index is 0.220. The number of carbonyl (C=O) groups is 1. The number of methoxy groups -OCH3 is 1. The zero-order valence-electron chi connectivity index (χ0n) is 15.7. The van der Waals surface area contributed by atoms with Crippen LogP contribution in [0, 0.1) is 0 Å². The molecule has 0 saturated carbocycles. The Morgan fingerprint density at radius 3 is 1.64 bits per heavy atom. The molecule has 0 amide bonds. The Hall–Kier alpha value is 0.169. The third kappa shape index (κ3) is 6.74. The van der Waals surface area contributed by atoms with E-state index in [0.717, 1.165) is 0 Å². The molecule has 0 saturated heterocycles. The van der Waals surface area contributed by atoms with Gasteiger partial charge in [-0.1, -0.05) is 0 Å². The SMILES string of the molecule is C=[C](C(OC)C(=O)CC)[Sn]([CH2]CCC)([CH2]CCC)[CH2]CCC. The number of Topliss-reactive ketones (excluding diaryl/α,β-unsaturated/α-hetero) is 1. The summed E-state index contributed by atoms with van der Waals surface area (Å²) in [6, 6.07) is 0. The van der Waals surface area contributed by atoms with Gasteiger partial charge in [0.1, 0.15) is 0 Å². The van der Waals surface area contributed by atoms with Gasteiger partial charge in [-0.3, -0.25) is 0 Å². The second-order valence-electron chi connectivity index (χ2n) is 6.55. The van der Waals surface area contributed by atoms with Gasteiger partial charge in [-0.25, -0.2) is 0 Å². The summed E-state index contributed by atoms with van der Waals surface area (Å²) in [4.78, 5) is 12.3. The van der Waals surface area contributed by atoms with Crippen molar-refractivity contribution in [2.45, 2.75) is 92.1 Å². The molecule has 22 heavy (non-hydrogen) atoms.